The summed E-state index contributed by atoms with van der Waals surface area (Å²) in [6.45, 7) is 22.7. The van der Waals surface area contributed by atoms with Crippen LogP contribution in [0.25, 0.3) is 0 Å². The van der Waals surface area contributed by atoms with E-state index in [1.54, 1.807) is 7.89 Å². The van der Waals surface area contributed by atoms with E-state index in [0.717, 1.165) is 0 Å². The second-order valence-electron chi connectivity index (χ2n) is 7.32. The molecule has 1 atom stereocenters. The van der Waals surface area contributed by atoms with Crippen LogP contribution in [-0.2, 0) is 0 Å². The van der Waals surface area contributed by atoms with Crippen LogP contribution in [0, 0.1) is 0 Å². The Hall–Kier alpha value is 1.25. The summed E-state index contributed by atoms with van der Waals surface area (Å²) in [5.41, 5.74) is 0. The van der Waals surface area contributed by atoms with E-state index in [1.165, 1.54) is 7.82 Å². The van der Waals surface area contributed by atoms with Crippen molar-refractivity contribution in [1.29, 1.82) is 0 Å². The molecule has 0 aliphatic heterocycles. The summed E-state index contributed by atoms with van der Waals surface area (Å²) in [4.78, 5) is 0. The lowest BCUT2D eigenvalue weighted by atomic mass is 11.7. The van der Waals surface area contributed by atoms with Gasteiger partial charge in [-0.05, 0) is 0 Å². The molecule has 0 aliphatic rings. The normalized spacial score (nSPS) is 15.3. The highest BCUT2D eigenvalue weighted by Gasteiger charge is 2.31. The zero-order valence-electron chi connectivity index (χ0n) is 11.9. The Labute approximate surface area is 103 Å². The van der Waals surface area contributed by atoms with Crippen molar-refractivity contribution < 1.29 is 0 Å². The van der Waals surface area contributed by atoms with Gasteiger partial charge in [-0.15, -0.1) is 0 Å². The average Bonchev–Trinajstić information content (AvgIpc) is 1.75. The van der Waals surface area contributed by atoms with E-state index in [2.05, 4.69) is 58.9 Å². The highest BCUT2D eigenvalue weighted by Crippen LogP contribution is 2.42. The van der Waals surface area contributed by atoms with E-state index >= 15 is 0 Å². The lowest BCUT2D eigenvalue weighted by Gasteiger charge is -2.31. The Kier molecular flexibility index (Phi) is 5.71. The van der Waals surface area contributed by atoms with Gasteiger partial charge >= 0.3 is 0 Å². The molecule has 0 radical (unpaired) electrons. The Morgan fingerprint density at radius 2 is 1.07 bits per heavy atom. The van der Waals surface area contributed by atoms with Crippen molar-refractivity contribution in [2.75, 3.05) is 0 Å². The molecule has 0 spiro atoms. The summed E-state index contributed by atoms with van der Waals surface area (Å²) in [7, 11) is 0.0603. The van der Waals surface area contributed by atoms with Crippen molar-refractivity contribution in [1.82, 2.24) is 0 Å². The summed E-state index contributed by atoms with van der Waals surface area (Å²) < 4.78 is 2.00. The van der Waals surface area contributed by atoms with Crippen molar-refractivity contribution in [3.8, 4) is 0 Å². The monoisotopic (exact) mass is 294 g/mol. The number of hydrogen-bond acceptors (Lipinski definition) is 0. The third kappa shape index (κ3) is 7.23. The van der Waals surface area contributed by atoms with Crippen LogP contribution < -0.4 is 0 Å². The van der Waals surface area contributed by atoms with Gasteiger partial charge in [0.2, 0.25) is 0 Å². The van der Waals surface area contributed by atoms with Gasteiger partial charge in [0, 0.05) is 0 Å². The molecule has 0 aromatic heterocycles. The smallest absolute Gasteiger partial charge is 0.0784 e. The van der Waals surface area contributed by atoms with Crippen molar-refractivity contribution in [3.63, 3.8) is 0 Å². The Morgan fingerprint density at radius 3 is 1.27 bits per heavy atom. The van der Waals surface area contributed by atoms with Gasteiger partial charge in [0.05, 0.1) is 23.9 Å². The molecule has 0 bridgehead atoms. The van der Waals surface area contributed by atoms with Gasteiger partial charge in [0.1, 0.15) is 0 Å². The predicted molar refractivity (Wildman–Crippen MR) is 90.3 cm³/mol. The summed E-state index contributed by atoms with van der Waals surface area (Å²) in [5, 5.41) is 0. The van der Waals surface area contributed by atoms with Crippen molar-refractivity contribution in [2.45, 2.75) is 58.9 Å². The van der Waals surface area contributed by atoms with E-state index in [9.17, 15) is 0 Å². The fourth-order valence-electron chi connectivity index (χ4n) is 1.68. The first-order valence-corrected chi connectivity index (χ1v) is 19.9. The fraction of sp³-hybridized carbons (Fsp3) is 0.900. The molecular formula is C10H28P2Si3. The number of hydrogen-bond donors (Lipinski definition) is 0. The van der Waals surface area contributed by atoms with Crippen LogP contribution in [0.3, 0.4) is 0 Å². The van der Waals surface area contributed by atoms with Gasteiger partial charge in [-0.25, -0.2) is 0 Å². The van der Waals surface area contributed by atoms with Gasteiger partial charge in [-0.3, -0.25) is 0 Å². The van der Waals surface area contributed by atoms with E-state index in [0.29, 0.717) is 0 Å². The van der Waals surface area contributed by atoms with Gasteiger partial charge in [0.25, 0.3) is 0 Å². The highest BCUT2D eigenvalue weighted by molar-refractivity contribution is 8.29. The highest BCUT2D eigenvalue weighted by atomic mass is 32.1. The van der Waals surface area contributed by atoms with Crippen LogP contribution in [0.5, 0.6) is 0 Å². The van der Waals surface area contributed by atoms with Crippen molar-refractivity contribution >= 4 is 44.1 Å². The van der Waals surface area contributed by atoms with Gasteiger partial charge < -0.3 is 0 Å². The quantitative estimate of drug-likeness (QED) is 0.488. The first-order chi connectivity index (χ1) is 6.34. The Balaban J connectivity index is 4.99. The summed E-state index contributed by atoms with van der Waals surface area (Å²) in [5.74, 6) is 0. The Bertz CT molecular complexity index is 225. The van der Waals surface area contributed by atoms with E-state index in [1.807, 2.05) is 4.54 Å². The first-order valence-electron chi connectivity index (χ1n) is 5.70. The first kappa shape index (κ1) is 16.3. The molecule has 0 saturated carbocycles. The summed E-state index contributed by atoms with van der Waals surface area (Å²) in [6, 6.07) is 0. The zero-order valence-corrected chi connectivity index (χ0v) is 16.8. The zero-order chi connectivity index (χ0) is 12.5. The summed E-state index contributed by atoms with van der Waals surface area (Å²) in [6.07, 6.45) is 0. The van der Waals surface area contributed by atoms with E-state index < -0.39 is 23.9 Å². The van der Waals surface area contributed by atoms with Gasteiger partial charge in [-0.1, -0.05) is 79.2 Å². The Morgan fingerprint density at radius 1 is 0.733 bits per heavy atom. The standard InChI is InChI=1S/C10H28P2Si3/c1-13(2,3)10(14(4,5)6)11-12-15(7,8)9/h12H,1-9H3. The number of rotatable bonds is 4. The molecule has 15 heavy (non-hydrogen) atoms. The molecular weight excluding hydrogens is 266 g/mol. The molecule has 1 unspecified atom stereocenters. The molecule has 0 fully saturated rings. The molecule has 0 amide bonds. The molecule has 0 rings (SSSR count). The van der Waals surface area contributed by atoms with Gasteiger partial charge in [-0.2, -0.15) is 0 Å². The topological polar surface area (TPSA) is 0 Å². The van der Waals surface area contributed by atoms with Crippen LogP contribution in [-0.4, -0.2) is 28.4 Å². The SMILES string of the molecule is C[Si](C)(C)PP=C([Si](C)(C)C)[Si](C)(C)C. The maximum absolute atomic E-state index is 2.53. The maximum Gasteiger partial charge on any atom is 0.0784 e. The van der Waals surface area contributed by atoms with Crippen LogP contribution >= 0.6 is 15.7 Å². The molecule has 90 valence electrons. The minimum Gasteiger partial charge on any atom is -0.0933 e. The average molecular weight is 295 g/mol. The van der Waals surface area contributed by atoms with Crippen LogP contribution in [0.4, 0.5) is 0 Å². The largest absolute Gasteiger partial charge is 0.0933 e. The lowest BCUT2D eigenvalue weighted by molar-refractivity contribution is 1.79. The van der Waals surface area contributed by atoms with Crippen molar-refractivity contribution in [2.24, 2.45) is 0 Å². The molecule has 0 aliphatic carbocycles. The predicted octanol–water partition coefficient (Wildman–Crippen LogP) is 5.29. The molecule has 0 saturated heterocycles. The van der Waals surface area contributed by atoms with Crippen molar-refractivity contribution in [3.05, 3.63) is 0 Å². The molecule has 5 heteroatoms. The second-order valence-corrected chi connectivity index (χ2v) is 31.9. The third-order valence-corrected chi connectivity index (χ3v) is 26.4. The lowest BCUT2D eigenvalue weighted by Crippen LogP contribution is -2.48. The minimum absolute atomic E-state index is 0.839. The summed E-state index contributed by atoms with van der Waals surface area (Å²) >= 11 is 0. The van der Waals surface area contributed by atoms with Crippen LogP contribution in [0.1, 0.15) is 0 Å². The van der Waals surface area contributed by atoms with E-state index in [-0.39, 0.29) is 0 Å². The van der Waals surface area contributed by atoms with E-state index in [4.69, 9.17) is 0 Å². The molecule has 0 heterocycles. The second kappa shape index (κ2) is 5.27. The van der Waals surface area contributed by atoms with Crippen LogP contribution in [0.2, 0.25) is 58.9 Å². The maximum atomic E-state index is 2.53. The van der Waals surface area contributed by atoms with Crippen LogP contribution in [0.15, 0.2) is 0 Å². The molecule has 0 N–H and O–H groups in total. The minimum atomic E-state index is -1.03. The molecule has 0 aromatic carbocycles. The molecule has 0 nitrogen and oxygen atoms in total. The third-order valence-electron chi connectivity index (χ3n) is 1.92. The molecule has 0 aromatic rings. The van der Waals surface area contributed by atoms with Gasteiger partial charge in [0.15, 0.2) is 0 Å². The fourth-order valence-corrected chi connectivity index (χ4v) is 28.2.